The molecule has 0 bridgehead atoms. The zero-order valence-electron chi connectivity index (χ0n) is 10.1. The highest BCUT2D eigenvalue weighted by atomic mass is 15.1. The SMILES string of the molecule is CCCCN1CCC(N)CC1.CNC. The normalized spacial score (nSPS) is 18.9. The zero-order chi connectivity index (χ0) is 10.8. The van der Waals surface area contributed by atoms with Crippen LogP contribution >= 0.6 is 0 Å². The lowest BCUT2D eigenvalue weighted by molar-refractivity contribution is 0.210. The van der Waals surface area contributed by atoms with E-state index in [2.05, 4.69) is 17.1 Å². The van der Waals surface area contributed by atoms with Crippen molar-refractivity contribution in [2.24, 2.45) is 5.73 Å². The number of unbranched alkanes of at least 4 members (excludes halogenated alkanes) is 1. The fourth-order valence-electron chi connectivity index (χ4n) is 1.56. The van der Waals surface area contributed by atoms with Crippen LogP contribution in [0.3, 0.4) is 0 Å². The molecule has 14 heavy (non-hydrogen) atoms. The van der Waals surface area contributed by atoms with Gasteiger partial charge in [-0.1, -0.05) is 13.3 Å². The Labute approximate surface area is 89.0 Å². The van der Waals surface area contributed by atoms with Crippen LogP contribution in [-0.4, -0.2) is 44.7 Å². The van der Waals surface area contributed by atoms with Crippen LogP contribution in [0.1, 0.15) is 32.6 Å². The van der Waals surface area contributed by atoms with Crippen LogP contribution < -0.4 is 11.1 Å². The minimum absolute atomic E-state index is 0.480. The van der Waals surface area contributed by atoms with Crippen molar-refractivity contribution >= 4 is 0 Å². The van der Waals surface area contributed by atoms with E-state index in [-0.39, 0.29) is 0 Å². The van der Waals surface area contributed by atoms with Crippen LogP contribution in [0.5, 0.6) is 0 Å². The average Bonchev–Trinajstić information content (AvgIpc) is 2.18. The van der Waals surface area contributed by atoms with Crippen LogP contribution in [-0.2, 0) is 0 Å². The number of hydrogen-bond donors (Lipinski definition) is 2. The highest BCUT2D eigenvalue weighted by Crippen LogP contribution is 2.08. The van der Waals surface area contributed by atoms with E-state index in [1.54, 1.807) is 0 Å². The van der Waals surface area contributed by atoms with Gasteiger partial charge in [-0.15, -0.1) is 0 Å². The molecule has 0 amide bonds. The Morgan fingerprint density at radius 2 is 1.79 bits per heavy atom. The topological polar surface area (TPSA) is 41.3 Å². The largest absolute Gasteiger partial charge is 0.328 e. The van der Waals surface area contributed by atoms with E-state index < -0.39 is 0 Å². The molecule has 0 saturated carbocycles. The summed E-state index contributed by atoms with van der Waals surface area (Å²) in [5.74, 6) is 0. The molecule has 0 aromatic rings. The molecule has 0 aliphatic carbocycles. The molecule has 1 aliphatic rings. The molecule has 0 atom stereocenters. The molecule has 3 nitrogen and oxygen atoms in total. The predicted octanol–water partition coefficient (Wildman–Crippen LogP) is 1.05. The lowest BCUT2D eigenvalue weighted by Crippen LogP contribution is -2.39. The van der Waals surface area contributed by atoms with Crippen LogP contribution in [0.2, 0.25) is 0 Å². The van der Waals surface area contributed by atoms with Gasteiger partial charge in [-0.05, 0) is 53.0 Å². The summed E-state index contributed by atoms with van der Waals surface area (Å²) >= 11 is 0. The Balaban J connectivity index is 0.000000500. The van der Waals surface area contributed by atoms with Gasteiger partial charge in [-0.25, -0.2) is 0 Å². The summed E-state index contributed by atoms with van der Waals surface area (Å²) in [6.45, 7) is 5.97. The van der Waals surface area contributed by atoms with Crippen molar-refractivity contribution in [2.75, 3.05) is 33.7 Å². The molecule has 1 fully saturated rings. The third kappa shape index (κ3) is 7.30. The molecule has 3 heteroatoms. The quantitative estimate of drug-likeness (QED) is 0.717. The standard InChI is InChI=1S/C9H20N2.C2H7N/c1-2-3-6-11-7-4-9(10)5-8-11;1-3-2/h9H,2-8,10H2,1H3;3H,1-2H3. The molecule has 0 aromatic heterocycles. The first-order chi connectivity index (χ1) is 6.74. The maximum Gasteiger partial charge on any atom is 0.00631 e. The van der Waals surface area contributed by atoms with Crippen molar-refractivity contribution in [3.8, 4) is 0 Å². The van der Waals surface area contributed by atoms with Crippen molar-refractivity contribution in [3.05, 3.63) is 0 Å². The van der Waals surface area contributed by atoms with E-state index in [1.807, 2.05) is 14.1 Å². The fourth-order valence-corrected chi connectivity index (χ4v) is 1.56. The summed E-state index contributed by atoms with van der Waals surface area (Å²) in [5, 5.41) is 2.75. The minimum Gasteiger partial charge on any atom is -0.328 e. The number of piperidine rings is 1. The lowest BCUT2D eigenvalue weighted by atomic mass is 10.1. The van der Waals surface area contributed by atoms with Gasteiger partial charge in [-0.3, -0.25) is 0 Å². The van der Waals surface area contributed by atoms with Gasteiger partial charge in [0.15, 0.2) is 0 Å². The Morgan fingerprint density at radius 3 is 2.21 bits per heavy atom. The minimum atomic E-state index is 0.480. The van der Waals surface area contributed by atoms with Gasteiger partial charge in [0.05, 0.1) is 0 Å². The van der Waals surface area contributed by atoms with Crippen LogP contribution in [0.4, 0.5) is 0 Å². The first-order valence-electron chi connectivity index (χ1n) is 5.81. The van der Waals surface area contributed by atoms with E-state index in [0.717, 1.165) is 0 Å². The molecule has 86 valence electrons. The molecule has 1 saturated heterocycles. The number of nitrogens with zero attached hydrogens (tertiary/aromatic N) is 1. The summed E-state index contributed by atoms with van der Waals surface area (Å²) in [4.78, 5) is 2.53. The van der Waals surface area contributed by atoms with Gasteiger partial charge < -0.3 is 16.0 Å². The van der Waals surface area contributed by atoms with Crippen LogP contribution in [0.15, 0.2) is 0 Å². The molecule has 1 rings (SSSR count). The summed E-state index contributed by atoms with van der Waals surface area (Å²) < 4.78 is 0. The molecule has 3 N–H and O–H groups in total. The summed E-state index contributed by atoms with van der Waals surface area (Å²) in [6.07, 6.45) is 5.05. The molecule has 0 aromatic carbocycles. The highest BCUT2D eigenvalue weighted by Gasteiger charge is 2.14. The summed E-state index contributed by atoms with van der Waals surface area (Å²) in [7, 11) is 3.75. The van der Waals surface area contributed by atoms with Gasteiger partial charge in [0.2, 0.25) is 0 Å². The Bertz CT molecular complexity index is 106. The van der Waals surface area contributed by atoms with E-state index in [0.29, 0.717) is 6.04 Å². The van der Waals surface area contributed by atoms with Crippen molar-refractivity contribution in [1.29, 1.82) is 0 Å². The van der Waals surface area contributed by atoms with E-state index >= 15 is 0 Å². The monoisotopic (exact) mass is 201 g/mol. The lowest BCUT2D eigenvalue weighted by Gasteiger charge is -2.29. The number of likely N-dealkylation sites (tertiary alicyclic amines) is 1. The van der Waals surface area contributed by atoms with E-state index in [4.69, 9.17) is 5.73 Å². The average molecular weight is 201 g/mol. The van der Waals surface area contributed by atoms with Gasteiger partial charge in [-0.2, -0.15) is 0 Å². The first kappa shape index (κ1) is 13.9. The van der Waals surface area contributed by atoms with Crippen LogP contribution in [0, 0.1) is 0 Å². The van der Waals surface area contributed by atoms with Crippen molar-refractivity contribution in [3.63, 3.8) is 0 Å². The first-order valence-corrected chi connectivity index (χ1v) is 5.81. The maximum atomic E-state index is 5.80. The van der Waals surface area contributed by atoms with Gasteiger partial charge in [0.1, 0.15) is 0 Å². The molecule has 0 radical (unpaired) electrons. The number of hydrogen-bond acceptors (Lipinski definition) is 3. The molecule has 1 heterocycles. The summed E-state index contributed by atoms with van der Waals surface area (Å²) in [6, 6.07) is 0.480. The van der Waals surface area contributed by atoms with E-state index in [9.17, 15) is 0 Å². The van der Waals surface area contributed by atoms with E-state index in [1.165, 1.54) is 45.3 Å². The van der Waals surface area contributed by atoms with Crippen molar-refractivity contribution < 1.29 is 0 Å². The van der Waals surface area contributed by atoms with Crippen LogP contribution in [0.25, 0.3) is 0 Å². The zero-order valence-corrected chi connectivity index (χ0v) is 10.1. The van der Waals surface area contributed by atoms with Gasteiger partial charge in [0.25, 0.3) is 0 Å². The second-order valence-corrected chi connectivity index (χ2v) is 4.03. The van der Waals surface area contributed by atoms with Crippen molar-refractivity contribution in [2.45, 2.75) is 38.6 Å². The maximum absolute atomic E-state index is 5.80. The Morgan fingerprint density at radius 1 is 1.29 bits per heavy atom. The third-order valence-electron chi connectivity index (χ3n) is 2.46. The number of nitrogens with two attached hydrogens (primary N) is 1. The molecule has 0 unspecified atom stereocenters. The summed E-state index contributed by atoms with van der Waals surface area (Å²) in [5.41, 5.74) is 5.80. The smallest absolute Gasteiger partial charge is 0.00631 e. The predicted molar refractivity (Wildman–Crippen MR) is 63.5 cm³/mol. The van der Waals surface area contributed by atoms with Crippen molar-refractivity contribution in [1.82, 2.24) is 10.2 Å². The Kier molecular flexibility index (Phi) is 9.35. The molecule has 0 spiro atoms. The highest BCUT2D eigenvalue weighted by molar-refractivity contribution is 4.73. The molecular formula is C11H27N3. The number of rotatable bonds is 3. The van der Waals surface area contributed by atoms with Gasteiger partial charge in [0, 0.05) is 6.04 Å². The molecule has 1 aliphatic heterocycles. The fraction of sp³-hybridized carbons (Fsp3) is 1.00. The molecular weight excluding hydrogens is 174 g/mol. The second-order valence-electron chi connectivity index (χ2n) is 4.03. The van der Waals surface area contributed by atoms with Gasteiger partial charge >= 0.3 is 0 Å². The number of nitrogens with one attached hydrogen (secondary N) is 1. The second kappa shape index (κ2) is 9.44. The third-order valence-corrected chi connectivity index (χ3v) is 2.46. The Hall–Kier alpha value is -0.120.